The Kier molecular flexibility index (Phi) is 7.04. The lowest BCUT2D eigenvalue weighted by Crippen LogP contribution is -2.60. The van der Waals surface area contributed by atoms with E-state index in [0.29, 0.717) is 4.90 Å². The number of carbonyl (C=O) groups is 2. The number of ether oxygens (including phenoxy) is 1. The molecule has 1 N–H and O–H groups in total. The van der Waals surface area contributed by atoms with Gasteiger partial charge in [-0.3, -0.25) is 14.5 Å². The SMILES string of the molecule is C[C@](C(=O)N[C@@H]1C[C@@H]2CC1CC2(F)F)(c1cncnc1)N(C(=O)[C@H](F)Cl)c1ccc(OC(F)(F)F)cc1. The normalized spacial score (nSPS) is 24.7. The van der Waals surface area contributed by atoms with Crippen molar-refractivity contribution in [2.24, 2.45) is 11.8 Å². The van der Waals surface area contributed by atoms with E-state index in [1.54, 1.807) is 0 Å². The molecule has 2 fully saturated rings. The predicted octanol–water partition coefficient (Wildman–Crippen LogP) is 4.71. The van der Waals surface area contributed by atoms with Gasteiger partial charge in [0.2, 0.25) is 0 Å². The Morgan fingerprint density at radius 3 is 2.27 bits per heavy atom. The first-order valence-electron chi connectivity index (χ1n) is 11.1. The Labute approximate surface area is 212 Å². The van der Waals surface area contributed by atoms with Gasteiger partial charge in [0.1, 0.15) is 12.1 Å². The smallest absolute Gasteiger partial charge is 0.406 e. The molecule has 2 aliphatic carbocycles. The molecule has 2 bridgehead atoms. The van der Waals surface area contributed by atoms with Crippen LogP contribution >= 0.6 is 11.6 Å². The Morgan fingerprint density at radius 2 is 1.78 bits per heavy atom. The van der Waals surface area contributed by atoms with Crippen molar-refractivity contribution in [3.63, 3.8) is 0 Å². The molecule has 0 saturated heterocycles. The van der Waals surface area contributed by atoms with Crippen molar-refractivity contribution >= 4 is 29.1 Å². The number of carbonyl (C=O) groups excluding carboxylic acids is 2. The van der Waals surface area contributed by atoms with Crippen molar-refractivity contribution < 1.29 is 40.7 Å². The summed E-state index contributed by atoms with van der Waals surface area (Å²) in [7, 11) is 0. The van der Waals surface area contributed by atoms with Gasteiger partial charge >= 0.3 is 6.36 Å². The number of alkyl halides is 7. The van der Waals surface area contributed by atoms with E-state index >= 15 is 0 Å². The minimum atomic E-state index is -4.98. The van der Waals surface area contributed by atoms with Crippen LogP contribution in [0.2, 0.25) is 0 Å². The molecule has 4 rings (SSSR count). The van der Waals surface area contributed by atoms with Crippen LogP contribution in [0.25, 0.3) is 0 Å². The molecular formula is C23H21ClF6N4O3. The molecule has 200 valence electrons. The molecule has 0 radical (unpaired) electrons. The molecule has 7 nitrogen and oxygen atoms in total. The van der Waals surface area contributed by atoms with Crippen molar-refractivity contribution in [2.45, 2.75) is 55.7 Å². The third kappa shape index (κ3) is 5.32. The lowest BCUT2D eigenvalue weighted by atomic mass is 9.87. The lowest BCUT2D eigenvalue weighted by Gasteiger charge is -2.41. The zero-order valence-corrected chi connectivity index (χ0v) is 19.9. The van der Waals surface area contributed by atoms with Crippen LogP contribution in [0.5, 0.6) is 5.75 Å². The van der Waals surface area contributed by atoms with Crippen LogP contribution in [0, 0.1) is 11.8 Å². The van der Waals surface area contributed by atoms with Gasteiger partial charge in [-0.05, 0) is 49.9 Å². The van der Waals surface area contributed by atoms with Crippen molar-refractivity contribution in [2.75, 3.05) is 4.90 Å². The molecule has 5 atom stereocenters. The fourth-order valence-corrected chi connectivity index (χ4v) is 5.21. The van der Waals surface area contributed by atoms with Crippen LogP contribution in [0.15, 0.2) is 43.0 Å². The van der Waals surface area contributed by atoms with Gasteiger partial charge in [-0.15, -0.1) is 13.2 Å². The number of rotatable bonds is 7. The summed E-state index contributed by atoms with van der Waals surface area (Å²) in [5.41, 5.74) is -4.89. The largest absolute Gasteiger partial charge is 0.573 e. The standard InChI is InChI=1S/C23H21ClF6N4O3/c1-21(14-9-31-11-32-10-14,20(36)33-17-7-13-6-12(17)8-22(13,26)27)34(19(35)18(24)25)15-2-4-16(5-3-15)37-23(28,29)30/h2-5,9-13,17-18H,6-8H2,1H3,(H,33,36)/t12?,13-,17+,18-,21+/m0/s1. The Hall–Kier alpha value is -3.09. The minimum absolute atomic E-state index is 0.0160. The average molecular weight is 551 g/mol. The predicted molar refractivity (Wildman–Crippen MR) is 118 cm³/mol. The highest BCUT2D eigenvalue weighted by Crippen LogP contribution is 2.53. The number of nitrogens with one attached hydrogen (secondary N) is 1. The summed E-state index contributed by atoms with van der Waals surface area (Å²) in [6, 6.07) is 3.17. The summed E-state index contributed by atoms with van der Waals surface area (Å²) in [4.78, 5) is 35.2. The number of halogens is 7. The molecule has 2 aromatic rings. The molecular weight excluding hydrogens is 530 g/mol. The van der Waals surface area contributed by atoms with Gasteiger partial charge in [-0.2, -0.15) is 0 Å². The number of amides is 2. The number of aromatic nitrogens is 2. The molecule has 1 aromatic heterocycles. The first-order valence-corrected chi connectivity index (χ1v) is 11.6. The molecule has 0 spiro atoms. The van der Waals surface area contributed by atoms with Crippen molar-refractivity contribution in [3.8, 4) is 5.75 Å². The Bertz CT molecular complexity index is 1150. The number of fused-ring (bicyclic) bond motifs is 2. The minimum Gasteiger partial charge on any atom is -0.406 e. The van der Waals surface area contributed by atoms with E-state index in [0.717, 1.165) is 30.6 Å². The fourth-order valence-electron chi connectivity index (χ4n) is 5.11. The topological polar surface area (TPSA) is 84.4 Å². The van der Waals surface area contributed by atoms with E-state index in [1.807, 2.05) is 0 Å². The molecule has 2 aliphatic rings. The number of nitrogens with zero attached hydrogens (tertiary/aromatic N) is 3. The highest BCUT2D eigenvalue weighted by molar-refractivity contribution is 6.32. The Balaban J connectivity index is 1.73. The van der Waals surface area contributed by atoms with Gasteiger partial charge in [-0.25, -0.2) is 23.1 Å². The van der Waals surface area contributed by atoms with Crippen LogP contribution in [0.1, 0.15) is 31.7 Å². The second-order valence-corrected chi connectivity index (χ2v) is 9.57. The number of hydrogen-bond acceptors (Lipinski definition) is 5. The average Bonchev–Trinajstić information content (AvgIpc) is 3.35. The molecule has 2 saturated carbocycles. The maximum atomic E-state index is 14.2. The molecule has 2 amide bonds. The maximum absolute atomic E-state index is 14.2. The van der Waals surface area contributed by atoms with Crippen LogP contribution in [0.4, 0.5) is 32.0 Å². The van der Waals surface area contributed by atoms with Gasteiger partial charge < -0.3 is 10.1 Å². The summed E-state index contributed by atoms with van der Waals surface area (Å²) in [5.74, 6) is -7.10. The van der Waals surface area contributed by atoms with E-state index in [9.17, 15) is 35.9 Å². The van der Waals surface area contributed by atoms with Crippen LogP contribution in [0.3, 0.4) is 0 Å². The van der Waals surface area contributed by atoms with Crippen molar-refractivity contribution in [1.29, 1.82) is 0 Å². The zero-order valence-electron chi connectivity index (χ0n) is 19.2. The number of anilines is 1. The van der Waals surface area contributed by atoms with Gasteiger partial charge in [0.05, 0.1) is 0 Å². The third-order valence-corrected chi connectivity index (χ3v) is 7.08. The molecule has 1 aromatic carbocycles. The van der Waals surface area contributed by atoms with E-state index < -0.39 is 65.3 Å². The second-order valence-electron chi connectivity index (χ2n) is 9.19. The fraction of sp³-hybridized carbons (Fsp3) is 0.478. The molecule has 14 heteroatoms. The van der Waals surface area contributed by atoms with Gasteiger partial charge in [0, 0.05) is 42.0 Å². The molecule has 1 unspecified atom stereocenters. The van der Waals surface area contributed by atoms with Gasteiger partial charge in [-0.1, -0.05) is 11.6 Å². The quantitative estimate of drug-likeness (QED) is 0.399. The second kappa shape index (κ2) is 9.66. The first-order chi connectivity index (χ1) is 17.2. The van der Waals surface area contributed by atoms with Crippen LogP contribution in [-0.2, 0) is 15.1 Å². The Morgan fingerprint density at radius 1 is 1.16 bits per heavy atom. The van der Waals surface area contributed by atoms with Gasteiger partial charge in [0.15, 0.2) is 5.54 Å². The van der Waals surface area contributed by atoms with E-state index in [-0.39, 0.29) is 24.1 Å². The van der Waals surface area contributed by atoms with Crippen LogP contribution in [-0.4, -0.2) is 45.7 Å². The maximum Gasteiger partial charge on any atom is 0.573 e. The first kappa shape index (κ1) is 27.0. The zero-order chi connectivity index (χ0) is 27.2. The van der Waals surface area contributed by atoms with E-state index in [4.69, 9.17) is 11.6 Å². The molecule has 37 heavy (non-hydrogen) atoms. The number of hydrogen-bond donors (Lipinski definition) is 1. The van der Waals surface area contributed by atoms with E-state index in [1.165, 1.54) is 19.3 Å². The van der Waals surface area contributed by atoms with Crippen molar-refractivity contribution in [1.82, 2.24) is 15.3 Å². The lowest BCUT2D eigenvalue weighted by molar-refractivity contribution is -0.274. The number of benzene rings is 1. The third-order valence-electron chi connectivity index (χ3n) is 6.89. The highest BCUT2D eigenvalue weighted by atomic mass is 35.5. The summed E-state index contributed by atoms with van der Waals surface area (Å²) in [5, 5.41) is 2.71. The summed E-state index contributed by atoms with van der Waals surface area (Å²) in [6.45, 7) is 1.25. The summed E-state index contributed by atoms with van der Waals surface area (Å²) in [6.07, 6.45) is -1.59. The van der Waals surface area contributed by atoms with Crippen LogP contribution < -0.4 is 15.0 Å². The summed E-state index contributed by atoms with van der Waals surface area (Å²) >= 11 is 5.46. The van der Waals surface area contributed by atoms with Gasteiger partial charge in [0.25, 0.3) is 23.4 Å². The molecule has 0 aliphatic heterocycles. The summed E-state index contributed by atoms with van der Waals surface area (Å²) < 4.78 is 83.8. The van der Waals surface area contributed by atoms with Crippen molar-refractivity contribution in [3.05, 3.63) is 48.5 Å². The van der Waals surface area contributed by atoms with E-state index in [2.05, 4.69) is 20.0 Å². The monoisotopic (exact) mass is 550 g/mol. The molecule has 1 heterocycles. The highest BCUT2D eigenvalue weighted by Gasteiger charge is 2.58.